The van der Waals surface area contributed by atoms with E-state index in [9.17, 15) is 4.79 Å². The monoisotopic (exact) mass is 390 g/mol. The van der Waals surface area contributed by atoms with E-state index in [4.69, 9.17) is 21.1 Å². The minimum absolute atomic E-state index is 0.161. The molecule has 1 unspecified atom stereocenters. The summed E-state index contributed by atoms with van der Waals surface area (Å²) in [5, 5.41) is 6.16. The van der Waals surface area contributed by atoms with Crippen LogP contribution in [-0.2, 0) is 4.74 Å². The fraction of sp³-hybridized carbons (Fsp3) is 0.533. The van der Waals surface area contributed by atoms with Crippen molar-refractivity contribution in [3.63, 3.8) is 0 Å². The zero-order chi connectivity index (χ0) is 15.8. The Morgan fingerprint density at radius 2 is 2.32 bits per heavy atom. The summed E-state index contributed by atoms with van der Waals surface area (Å²) in [5.74, 6) is 0.646. The molecule has 1 aromatic carbocycles. The van der Waals surface area contributed by atoms with Crippen LogP contribution in [0, 0.1) is 0 Å². The second-order valence-electron chi connectivity index (χ2n) is 5.05. The van der Waals surface area contributed by atoms with Crippen LogP contribution in [0.15, 0.2) is 22.7 Å². The van der Waals surface area contributed by atoms with E-state index in [0.29, 0.717) is 36.9 Å². The van der Waals surface area contributed by atoms with Gasteiger partial charge in [0.15, 0.2) is 0 Å². The highest BCUT2D eigenvalue weighted by Crippen LogP contribution is 2.27. The van der Waals surface area contributed by atoms with Gasteiger partial charge in [0.05, 0.1) is 17.7 Å². The summed E-state index contributed by atoms with van der Waals surface area (Å²) in [6.45, 7) is 2.40. The van der Waals surface area contributed by atoms with E-state index in [2.05, 4.69) is 26.6 Å². The van der Waals surface area contributed by atoms with Crippen molar-refractivity contribution in [1.82, 2.24) is 10.6 Å². The molecule has 0 aromatic heterocycles. The lowest BCUT2D eigenvalue weighted by molar-refractivity contribution is 0.111. The van der Waals surface area contributed by atoms with E-state index in [0.717, 1.165) is 23.9 Å². The number of benzene rings is 1. The summed E-state index contributed by atoms with van der Waals surface area (Å²) in [7, 11) is 0. The fourth-order valence-corrected chi connectivity index (χ4v) is 2.85. The van der Waals surface area contributed by atoms with Gasteiger partial charge >= 0.3 is 6.03 Å². The standard InChI is InChI=1S/C15H20BrClN2O3/c16-11-4-5-14(13(17)9-11)22-8-2-6-18-15(20)19-10-12-3-1-7-21-12/h4-5,9,12H,1-3,6-8,10H2,(H2,18,19,20). The van der Waals surface area contributed by atoms with Gasteiger partial charge in [-0.1, -0.05) is 27.5 Å². The van der Waals surface area contributed by atoms with Crippen molar-refractivity contribution in [2.24, 2.45) is 0 Å². The van der Waals surface area contributed by atoms with Gasteiger partial charge in [-0.25, -0.2) is 4.79 Å². The summed E-state index contributed by atoms with van der Waals surface area (Å²) in [6, 6.07) is 5.30. The van der Waals surface area contributed by atoms with Crippen LogP contribution in [0.4, 0.5) is 4.79 Å². The summed E-state index contributed by atoms with van der Waals surface area (Å²) in [5.41, 5.74) is 0. The van der Waals surface area contributed by atoms with Crippen molar-refractivity contribution in [3.05, 3.63) is 27.7 Å². The Morgan fingerprint density at radius 3 is 3.05 bits per heavy atom. The van der Waals surface area contributed by atoms with Crippen molar-refractivity contribution in [2.45, 2.75) is 25.4 Å². The molecule has 0 radical (unpaired) electrons. The van der Waals surface area contributed by atoms with E-state index in [1.54, 1.807) is 6.07 Å². The van der Waals surface area contributed by atoms with Gasteiger partial charge in [-0.2, -0.15) is 0 Å². The van der Waals surface area contributed by atoms with Crippen molar-refractivity contribution in [1.29, 1.82) is 0 Å². The Morgan fingerprint density at radius 1 is 1.45 bits per heavy atom. The highest BCUT2D eigenvalue weighted by Gasteiger charge is 2.15. The lowest BCUT2D eigenvalue weighted by atomic mass is 10.2. The lowest BCUT2D eigenvalue weighted by Gasteiger charge is -2.12. The molecule has 5 nitrogen and oxygen atoms in total. The number of hydrogen-bond acceptors (Lipinski definition) is 3. The van der Waals surface area contributed by atoms with Gasteiger partial charge in [0, 0.05) is 24.2 Å². The van der Waals surface area contributed by atoms with Crippen molar-refractivity contribution in [2.75, 3.05) is 26.3 Å². The molecule has 1 aliphatic heterocycles. The van der Waals surface area contributed by atoms with E-state index in [1.165, 1.54) is 0 Å². The summed E-state index contributed by atoms with van der Waals surface area (Å²) in [4.78, 5) is 11.6. The van der Waals surface area contributed by atoms with Gasteiger partial charge in [0.25, 0.3) is 0 Å². The molecule has 2 amide bonds. The number of nitrogens with one attached hydrogen (secondary N) is 2. The first-order chi connectivity index (χ1) is 10.6. The first-order valence-corrected chi connectivity index (χ1v) is 8.53. The Kier molecular flexibility index (Phi) is 7.29. The molecule has 2 rings (SSSR count). The molecule has 1 saturated heterocycles. The topological polar surface area (TPSA) is 59.6 Å². The molecule has 22 heavy (non-hydrogen) atoms. The molecule has 1 aromatic rings. The van der Waals surface area contributed by atoms with Crippen LogP contribution in [0.1, 0.15) is 19.3 Å². The van der Waals surface area contributed by atoms with Crippen LogP contribution < -0.4 is 15.4 Å². The van der Waals surface area contributed by atoms with Gasteiger partial charge in [0.1, 0.15) is 5.75 Å². The number of rotatable bonds is 7. The zero-order valence-corrected chi connectivity index (χ0v) is 14.6. The van der Waals surface area contributed by atoms with Crippen LogP contribution in [-0.4, -0.2) is 38.4 Å². The largest absolute Gasteiger partial charge is 0.492 e. The Balaban J connectivity index is 1.53. The van der Waals surface area contributed by atoms with Gasteiger partial charge in [-0.3, -0.25) is 0 Å². The van der Waals surface area contributed by atoms with E-state index in [-0.39, 0.29) is 12.1 Å². The van der Waals surface area contributed by atoms with Crippen LogP contribution in [0.2, 0.25) is 5.02 Å². The second-order valence-corrected chi connectivity index (χ2v) is 6.37. The summed E-state index contributed by atoms with van der Waals surface area (Å²) < 4.78 is 11.9. The number of ether oxygens (including phenoxy) is 2. The van der Waals surface area contributed by atoms with Gasteiger partial charge in [0.2, 0.25) is 0 Å². The predicted molar refractivity (Wildman–Crippen MR) is 89.6 cm³/mol. The van der Waals surface area contributed by atoms with E-state index in [1.807, 2.05) is 12.1 Å². The van der Waals surface area contributed by atoms with Gasteiger partial charge in [-0.15, -0.1) is 0 Å². The summed E-state index contributed by atoms with van der Waals surface area (Å²) >= 11 is 9.39. The molecule has 1 aliphatic rings. The minimum Gasteiger partial charge on any atom is -0.492 e. The Hall–Kier alpha value is -0.980. The third kappa shape index (κ3) is 6.02. The van der Waals surface area contributed by atoms with Crippen LogP contribution >= 0.6 is 27.5 Å². The molecular weight excluding hydrogens is 372 g/mol. The number of carbonyl (C=O) groups excluding carboxylic acids is 1. The van der Waals surface area contributed by atoms with Crippen molar-refractivity contribution >= 4 is 33.6 Å². The van der Waals surface area contributed by atoms with Gasteiger partial charge in [-0.05, 0) is 37.5 Å². The number of urea groups is 1. The zero-order valence-electron chi connectivity index (χ0n) is 12.2. The van der Waals surface area contributed by atoms with Crippen LogP contribution in [0.3, 0.4) is 0 Å². The Bertz CT molecular complexity index is 496. The van der Waals surface area contributed by atoms with Crippen LogP contribution in [0.25, 0.3) is 0 Å². The highest BCUT2D eigenvalue weighted by atomic mass is 79.9. The molecule has 0 spiro atoms. The third-order valence-corrected chi connectivity index (χ3v) is 4.06. The van der Waals surface area contributed by atoms with E-state index >= 15 is 0 Å². The minimum atomic E-state index is -0.169. The third-order valence-electron chi connectivity index (χ3n) is 3.27. The smallest absolute Gasteiger partial charge is 0.314 e. The van der Waals surface area contributed by atoms with Crippen LogP contribution in [0.5, 0.6) is 5.75 Å². The average Bonchev–Trinajstić information content (AvgIpc) is 3.00. The first-order valence-electron chi connectivity index (χ1n) is 7.36. The average molecular weight is 392 g/mol. The molecule has 1 fully saturated rings. The molecule has 0 bridgehead atoms. The number of carbonyl (C=O) groups is 1. The predicted octanol–water partition coefficient (Wildman–Crippen LogP) is 3.35. The second kappa shape index (κ2) is 9.22. The SMILES string of the molecule is O=C(NCCCOc1ccc(Br)cc1Cl)NCC1CCCO1. The normalized spacial score (nSPS) is 17.3. The lowest BCUT2D eigenvalue weighted by Crippen LogP contribution is -2.40. The van der Waals surface area contributed by atoms with Crippen molar-refractivity contribution < 1.29 is 14.3 Å². The quantitative estimate of drug-likeness (QED) is 0.701. The number of hydrogen-bond donors (Lipinski definition) is 2. The molecular formula is C15H20BrClN2O3. The first kappa shape index (κ1) is 17.4. The molecule has 2 N–H and O–H groups in total. The van der Waals surface area contributed by atoms with E-state index < -0.39 is 0 Å². The van der Waals surface area contributed by atoms with Gasteiger partial charge < -0.3 is 20.1 Å². The Labute approximate surface area is 143 Å². The maximum Gasteiger partial charge on any atom is 0.314 e. The molecule has 1 atom stereocenters. The molecule has 0 saturated carbocycles. The molecule has 122 valence electrons. The summed E-state index contributed by atoms with van der Waals surface area (Å²) in [6.07, 6.45) is 2.96. The number of halogens is 2. The van der Waals surface area contributed by atoms with Crippen molar-refractivity contribution in [3.8, 4) is 5.75 Å². The maximum atomic E-state index is 11.6. The molecule has 1 heterocycles. The maximum absolute atomic E-state index is 11.6. The fourth-order valence-electron chi connectivity index (χ4n) is 2.12. The number of amides is 2. The highest BCUT2D eigenvalue weighted by molar-refractivity contribution is 9.10. The molecule has 0 aliphatic carbocycles. The molecule has 7 heteroatoms.